The average molecular weight is 255 g/mol. The molecular weight excluding hydrogens is 236 g/mol. The van der Waals surface area contributed by atoms with Gasteiger partial charge in [0.25, 0.3) is 5.92 Å². The van der Waals surface area contributed by atoms with E-state index in [0.717, 1.165) is 5.56 Å². The van der Waals surface area contributed by atoms with E-state index in [4.69, 9.17) is 4.74 Å². The maximum atomic E-state index is 14.3. The molecule has 0 amide bonds. The van der Waals surface area contributed by atoms with E-state index in [9.17, 15) is 8.78 Å². The van der Waals surface area contributed by atoms with Gasteiger partial charge in [-0.05, 0) is 50.6 Å². The normalized spacial score (nSPS) is 20.1. The summed E-state index contributed by atoms with van der Waals surface area (Å²) in [6, 6.07) is 4.67. The van der Waals surface area contributed by atoms with Crippen molar-refractivity contribution in [2.75, 3.05) is 19.7 Å². The maximum Gasteiger partial charge on any atom is 0.277 e. The van der Waals surface area contributed by atoms with Gasteiger partial charge in [0.1, 0.15) is 5.75 Å². The number of alkyl halides is 2. The molecule has 1 fully saturated rings. The number of hydrogen-bond donors (Lipinski definition) is 1. The zero-order valence-electron chi connectivity index (χ0n) is 10.8. The van der Waals surface area contributed by atoms with Crippen LogP contribution in [0.3, 0.4) is 0 Å². The molecule has 1 N–H and O–H groups in total. The predicted octanol–water partition coefficient (Wildman–Crippen LogP) is 3.10. The van der Waals surface area contributed by atoms with Crippen molar-refractivity contribution in [2.45, 2.75) is 26.2 Å². The molecule has 1 aromatic rings. The van der Waals surface area contributed by atoms with Gasteiger partial charge in [0, 0.05) is 18.0 Å². The second-order valence-electron chi connectivity index (χ2n) is 4.73. The largest absolute Gasteiger partial charge is 0.494 e. The molecule has 1 aromatic carbocycles. The molecule has 0 spiro atoms. The summed E-state index contributed by atoms with van der Waals surface area (Å²) < 4.78 is 33.9. The minimum Gasteiger partial charge on any atom is -0.494 e. The van der Waals surface area contributed by atoms with Gasteiger partial charge < -0.3 is 10.1 Å². The van der Waals surface area contributed by atoms with Gasteiger partial charge in [-0.3, -0.25) is 0 Å². The second-order valence-corrected chi connectivity index (χ2v) is 4.73. The Balaban J connectivity index is 2.24. The van der Waals surface area contributed by atoms with Crippen LogP contribution in [0, 0.1) is 12.8 Å². The smallest absolute Gasteiger partial charge is 0.277 e. The molecule has 1 atom stereocenters. The lowest BCUT2D eigenvalue weighted by molar-refractivity contribution is -0.0576. The third kappa shape index (κ3) is 2.48. The minimum atomic E-state index is -2.76. The summed E-state index contributed by atoms with van der Waals surface area (Å²) in [5.41, 5.74) is 0.858. The van der Waals surface area contributed by atoms with Gasteiger partial charge in [-0.15, -0.1) is 0 Å². The Hall–Kier alpha value is -1.16. The highest BCUT2D eigenvalue weighted by atomic mass is 19.3. The molecule has 0 radical (unpaired) electrons. The van der Waals surface area contributed by atoms with Crippen molar-refractivity contribution < 1.29 is 13.5 Å². The van der Waals surface area contributed by atoms with Crippen molar-refractivity contribution in [3.05, 3.63) is 29.3 Å². The van der Waals surface area contributed by atoms with E-state index in [-0.39, 0.29) is 5.56 Å². The molecule has 1 aliphatic rings. The topological polar surface area (TPSA) is 21.3 Å². The van der Waals surface area contributed by atoms with Crippen molar-refractivity contribution in [3.8, 4) is 5.75 Å². The van der Waals surface area contributed by atoms with Crippen molar-refractivity contribution in [1.29, 1.82) is 0 Å². The quantitative estimate of drug-likeness (QED) is 0.892. The molecule has 1 unspecified atom stereocenters. The highest BCUT2D eigenvalue weighted by Gasteiger charge is 2.42. The Morgan fingerprint density at radius 2 is 2.22 bits per heavy atom. The van der Waals surface area contributed by atoms with Gasteiger partial charge in [-0.2, -0.15) is 0 Å². The molecular formula is C14H19F2NO. The van der Waals surface area contributed by atoms with Crippen LogP contribution < -0.4 is 10.1 Å². The lowest BCUT2D eigenvalue weighted by Crippen LogP contribution is -2.27. The minimum absolute atomic E-state index is 0.0946. The van der Waals surface area contributed by atoms with Crippen molar-refractivity contribution >= 4 is 0 Å². The Labute approximate surface area is 106 Å². The molecule has 0 bridgehead atoms. The van der Waals surface area contributed by atoms with E-state index >= 15 is 0 Å². The average Bonchev–Trinajstić information content (AvgIpc) is 2.86. The van der Waals surface area contributed by atoms with Crippen LogP contribution in [0.4, 0.5) is 8.78 Å². The molecule has 1 saturated heterocycles. The molecule has 2 nitrogen and oxygen atoms in total. The van der Waals surface area contributed by atoms with E-state index in [1.807, 2.05) is 6.92 Å². The van der Waals surface area contributed by atoms with Crippen LogP contribution in [0.1, 0.15) is 24.5 Å². The Kier molecular flexibility index (Phi) is 3.85. The first kappa shape index (κ1) is 13.3. The van der Waals surface area contributed by atoms with Crippen LogP contribution in [-0.4, -0.2) is 19.7 Å². The van der Waals surface area contributed by atoms with E-state index < -0.39 is 11.8 Å². The first-order valence-electron chi connectivity index (χ1n) is 6.38. The number of aryl methyl sites for hydroxylation is 1. The molecule has 1 aliphatic heterocycles. The number of benzene rings is 1. The molecule has 2 rings (SSSR count). The Morgan fingerprint density at radius 1 is 1.44 bits per heavy atom. The lowest BCUT2D eigenvalue weighted by Gasteiger charge is -2.23. The summed E-state index contributed by atoms with van der Waals surface area (Å²) in [6.45, 7) is 5.29. The maximum absolute atomic E-state index is 14.3. The molecule has 0 saturated carbocycles. The van der Waals surface area contributed by atoms with E-state index in [1.165, 1.54) is 6.07 Å². The molecule has 100 valence electrons. The molecule has 4 heteroatoms. The number of rotatable bonds is 4. The molecule has 0 aromatic heterocycles. The van der Waals surface area contributed by atoms with Crippen LogP contribution in [0.2, 0.25) is 0 Å². The van der Waals surface area contributed by atoms with Gasteiger partial charge in [-0.25, -0.2) is 8.78 Å². The molecule has 0 aliphatic carbocycles. The zero-order chi connectivity index (χ0) is 13.2. The number of ether oxygens (including phenoxy) is 1. The molecule has 18 heavy (non-hydrogen) atoms. The van der Waals surface area contributed by atoms with Gasteiger partial charge in [0.05, 0.1) is 6.61 Å². The summed E-state index contributed by atoms with van der Waals surface area (Å²) in [6.07, 6.45) is 0.527. The SMILES string of the molecule is CCOc1ccc(C(F)(F)C2CCNC2)cc1C. The summed E-state index contributed by atoms with van der Waals surface area (Å²) in [4.78, 5) is 0. The van der Waals surface area contributed by atoms with Gasteiger partial charge in [0.15, 0.2) is 0 Å². The van der Waals surface area contributed by atoms with Gasteiger partial charge >= 0.3 is 0 Å². The third-order valence-electron chi connectivity index (χ3n) is 3.43. The first-order valence-corrected chi connectivity index (χ1v) is 6.38. The van der Waals surface area contributed by atoms with Crippen LogP contribution in [0.25, 0.3) is 0 Å². The lowest BCUT2D eigenvalue weighted by atomic mass is 9.93. The fourth-order valence-electron chi connectivity index (χ4n) is 2.37. The number of hydrogen-bond acceptors (Lipinski definition) is 2. The van der Waals surface area contributed by atoms with Crippen molar-refractivity contribution in [3.63, 3.8) is 0 Å². The third-order valence-corrected chi connectivity index (χ3v) is 3.43. The zero-order valence-corrected chi connectivity index (χ0v) is 10.8. The van der Waals surface area contributed by atoms with Crippen LogP contribution in [0.15, 0.2) is 18.2 Å². The molecule has 1 heterocycles. The van der Waals surface area contributed by atoms with Crippen molar-refractivity contribution in [1.82, 2.24) is 5.32 Å². The number of halogens is 2. The monoisotopic (exact) mass is 255 g/mol. The van der Waals surface area contributed by atoms with E-state index in [0.29, 0.717) is 31.9 Å². The summed E-state index contributed by atoms with van der Waals surface area (Å²) >= 11 is 0. The standard InChI is InChI=1S/C14H19F2NO/c1-3-18-13-5-4-11(8-10(13)2)14(15,16)12-6-7-17-9-12/h4-5,8,12,17H,3,6-7,9H2,1-2H3. The van der Waals surface area contributed by atoms with Gasteiger partial charge in [0.2, 0.25) is 0 Å². The fraction of sp³-hybridized carbons (Fsp3) is 0.571. The first-order chi connectivity index (χ1) is 8.55. The Bertz CT molecular complexity index is 414. The highest BCUT2D eigenvalue weighted by Crippen LogP contribution is 2.40. The van der Waals surface area contributed by atoms with Crippen molar-refractivity contribution in [2.24, 2.45) is 5.92 Å². The summed E-state index contributed by atoms with van der Waals surface area (Å²) in [7, 11) is 0. The fourth-order valence-corrected chi connectivity index (χ4v) is 2.37. The summed E-state index contributed by atoms with van der Waals surface area (Å²) in [5, 5.41) is 2.99. The van der Waals surface area contributed by atoms with E-state index in [1.54, 1.807) is 19.1 Å². The highest BCUT2D eigenvalue weighted by molar-refractivity contribution is 5.38. The van der Waals surface area contributed by atoms with Crippen LogP contribution in [-0.2, 0) is 5.92 Å². The summed E-state index contributed by atoms with van der Waals surface area (Å²) in [5.74, 6) is -2.68. The van der Waals surface area contributed by atoms with E-state index in [2.05, 4.69) is 5.32 Å². The van der Waals surface area contributed by atoms with Crippen LogP contribution in [0.5, 0.6) is 5.75 Å². The van der Waals surface area contributed by atoms with Crippen LogP contribution >= 0.6 is 0 Å². The second kappa shape index (κ2) is 5.22. The van der Waals surface area contributed by atoms with Gasteiger partial charge in [-0.1, -0.05) is 0 Å². The predicted molar refractivity (Wildman–Crippen MR) is 67.2 cm³/mol. The number of nitrogens with one attached hydrogen (secondary N) is 1. The Morgan fingerprint density at radius 3 is 2.78 bits per heavy atom.